The molecule has 3 aromatic rings. The molecule has 0 saturated heterocycles. The second kappa shape index (κ2) is 7.06. The van der Waals surface area contributed by atoms with E-state index in [2.05, 4.69) is 21.9 Å². The number of hydrogen-bond donors (Lipinski definition) is 1. The first-order chi connectivity index (χ1) is 13.7. The summed E-state index contributed by atoms with van der Waals surface area (Å²) >= 11 is 0. The smallest absolute Gasteiger partial charge is 0.157 e. The van der Waals surface area contributed by atoms with E-state index in [1.54, 1.807) is 6.07 Å². The maximum absolute atomic E-state index is 14.0. The SMILES string of the molecule is CN1CCc2c(c(Nc3ccc(-c4ccccc4F)cc3)nn2CC2CC2)C1. The van der Waals surface area contributed by atoms with Crippen LogP contribution in [-0.2, 0) is 19.5 Å². The first-order valence-corrected chi connectivity index (χ1v) is 10.1. The third-order valence-corrected chi connectivity index (χ3v) is 5.79. The Labute approximate surface area is 165 Å². The number of anilines is 2. The maximum atomic E-state index is 14.0. The lowest BCUT2D eigenvalue weighted by Gasteiger charge is -2.23. The summed E-state index contributed by atoms with van der Waals surface area (Å²) in [6.07, 6.45) is 3.71. The summed E-state index contributed by atoms with van der Waals surface area (Å²) in [5.74, 6) is 1.57. The molecule has 1 aliphatic heterocycles. The van der Waals surface area contributed by atoms with Crippen molar-refractivity contribution in [2.75, 3.05) is 18.9 Å². The average Bonchev–Trinajstić information content (AvgIpc) is 3.46. The van der Waals surface area contributed by atoms with Gasteiger partial charge in [0.05, 0.1) is 0 Å². The molecule has 0 spiro atoms. The molecule has 5 rings (SSSR count). The highest BCUT2D eigenvalue weighted by Crippen LogP contribution is 2.34. The molecule has 144 valence electrons. The van der Waals surface area contributed by atoms with Crippen LogP contribution in [-0.4, -0.2) is 28.3 Å². The van der Waals surface area contributed by atoms with Gasteiger partial charge < -0.3 is 10.2 Å². The normalized spacial score (nSPS) is 16.8. The molecule has 2 aliphatic rings. The third kappa shape index (κ3) is 3.42. The molecule has 1 fully saturated rings. The molecule has 2 heterocycles. The van der Waals surface area contributed by atoms with Gasteiger partial charge in [-0.1, -0.05) is 30.3 Å². The molecule has 28 heavy (non-hydrogen) atoms. The number of benzene rings is 2. The lowest BCUT2D eigenvalue weighted by Crippen LogP contribution is -2.27. The van der Waals surface area contributed by atoms with Gasteiger partial charge in [0.2, 0.25) is 0 Å². The van der Waals surface area contributed by atoms with Crippen molar-refractivity contribution in [3.8, 4) is 11.1 Å². The average molecular weight is 376 g/mol. The number of hydrogen-bond acceptors (Lipinski definition) is 3. The van der Waals surface area contributed by atoms with Crippen LogP contribution in [0.2, 0.25) is 0 Å². The zero-order chi connectivity index (χ0) is 19.1. The van der Waals surface area contributed by atoms with E-state index in [1.807, 2.05) is 36.4 Å². The van der Waals surface area contributed by atoms with E-state index in [1.165, 1.54) is 30.2 Å². The number of rotatable bonds is 5. The summed E-state index contributed by atoms with van der Waals surface area (Å²) in [7, 11) is 2.16. The maximum Gasteiger partial charge on any atom is 0.157 e. The van der Waals surface area contributed by atoms with Crippen LogP contribution in [0.5, 0.6) is 0 Å². The molecule has 1 aliphatic carbocycles. The van der Waals surface area contributed by atoms with E-state index in [0.717, 1.165) is 49.0 Å². The summed E-state index contributed by atoms with van der Waals surface area (Å²) in [4.78, 5) is 2.35. The minimum Gasteiger partial charge on any atom is -0.338 e. The quantitative estimate of drug-likeness (QED) is 0.692. The van der Waals surface area contributed by atoms with E-state index >= 15 is 0 Å². The van der Waals surface area contributed by atoms with Crippen molar-refractivity contribution in [2.45, 2.75) is 32.4 Å². The van der Waals surface area contributed by atoms with Crippen molar-refractivity contribution >= 4 is 11.5 Å². The molecule has 0 radical (unpaired) electrons. The van der Waals surface area contributed by atoms with Crippen molar-refractivity contribution in [1.82, 2.24) is 14.7 Å². The number of fused-ring (bicyclic) bond motifs is 1. The molecule has 0 atom stereocenters. The van der Waals surface area contributed by atoms with Crippen LogP contribution in [0.25, 0.3) is 11.1 Å². The van der Waals surface area contributed by atoms with Crippen LogP contribution in [0, 0.1) is 11.7 Å². The summed E-state index contributed by atoms with van der Waals surface area (Å²) in [5, 5.41) is 8.42. The monoisotopic (exact) mass is 376 g/mol. The Morgan fingerprint density at radius 2 is 1.89 bits per heavy atom. The predicted octanol–water partition coefficient (Wildman–Crippen LogP) is 4.83. The Morgan fingerprint density at radius 3 is 2.64 bits per heavy atom. The fourth-order valence-corrected chi connectivity index (χ4v) is 3.99. The second-order valence-corrected chi connectivity index (χ2v) is 8.07. The molecule has 0 amide bonds. The molecule has 0 unspecified atom stereocenters. The summed E-state index contributed by atoms with van der Waals surface area (Å²) in [6.45, 7) is 3.05. The largest absolute Gasteiger partial charge is 0.338 e. The molecular formula is C23H25FN4. The third-order valence-electron chi connectivity index (χ3n) is 5.79. The Hall–Kier alpha value is -2.66. The highest BCUT2D eigenvalue weighted by Gasteiger charge is 2.28. The van der Waals surface area contributed by atoms with Crippen LogP contribution in [0.1, 0.15) is 24.1 Å². The zero-order valence-corrected chi connectivity index (χ0v) is 16.2. The number of halogens is 1. The van der Waals surface area contributed by atoms with Gasteiger partial charge in [-0.25, -0.2) is 4.39 Å². The molecule has 5 heteroatoms. The Kier molecular flexibility index (Phi) is 4.40. The first kappa shape index (κ1) is 17.4. The van der Waals surface area contributed by atoms with Crippen molar-refractivity contribution in [1.29, 1.82) is 0 Å². The predicted molar refractivity (Wildman–Crippen MR) is 110 cm³/mol. The van der Waals surface area contributed by atoms with Gasteiger partial charge in [-0.15, -0.1) is 0 Å². The number of likely N-dealkylation sites (N-methyl/N-ethyl adjacent to an activating group) is 1. The second-order valence-electron chi connectivity index (χ2n) is 8.07. The standard InChI is InChI=1S/C23H25FN4/c1-27-13-12-22-20(15-27)23(26-28(22)14-16-6-7-16)25-18-10-8-17(9-11-18)19-4-2-3-5-21(19)24/h2-5,8-11,16H,6-7,12-15H2,1H3,(H,25,26). The number of nitrogens with one attached hydrogen (secondary N) is 1. The fourth-order valence-electron chi connectivity index (χ4n) is 3.99. The van der Waals surface area contributed by atoms with Crippen molar-refractivity contribution < 1.29 is 4.39 Å². The Bertz CT molecular complexity index is 988. The van der Waals surface area contributed by atoms with Crippen LogP contribution in [0.3, 0.4) is 0 Å². The van der Waals surface area contributed by atoms with Gasteiger partial charge in [-0.05, 0) is 49.6 Å². The van der Waals surface area contributed by atoms with Gasteiger partial charge in [0.1, 0.15) is 5.82 Å². The minimum atomic E-state index is -0.195. The summed E-state index contributed by atoms with van der Waals surface area (Å²) in [6, 6.07) is 14.8. The van der Waals surface area contributed by atoms with E-state index in [-0.39, 0.29) is 5.82 Å². The molecule has 0 bridgehead atoms. The van der Waals surface area contributed by atoms with Gasteiger partial charge in [0.25, 0.3) is 0 Å². The topological polar surface area (TPSA) is 33.1 Å². The van der Waals surface area contributed by atoms with Crippen LogP contribution in [0.15, 0.2) is 48.5 Å². The molecule has 1 N–H and O–H groups in total. The molecule has 1 aromatic heterocycles. The molecule has 4 nitrogen and oxygen atoms in total. The van der Waals surface area contributed by atoms with E-state index < -0.39 is 0 Å². The van der Waals surface area contributed by atoms with Crippen molar-refractivity contribution in [3.05, 3.63) is 65.6 Å². The highest BCUT2D eigenvalue weighted by molar-refractivity contribution is 5.69. The zero-order valence-electron chi connectivity index (χ0n) is 16.2. The van der Waals surface area contributed by atoms with E-state index in [0.29, 0.717) is 5.56 Å². The van der Waals surface area contributed by atoms with Gasteiger partial charge >= 0.3 is 0 Å². The lowest BCUT2D eigenvalue weighted by atomic mass is 10.0. The first-order valence-electron chi connectivity index (χ1n) is 10.1. The van der Waals surface area contributed by atoms with Crippen LogP contribution >= 0.6 is 0 Å². The van der Waals surface area contributed by atoms with Gasteiger partial charge in [0.15, 0.2) is 5.82 Å². The highest BCUT2D eigenvalue weighted by atomic mass is 19.1. The lowest BCUT2D eigenvalue weighted by molar-refractivity contribution is 0.307. The molecule has 1 saturated carbocycles. The van der Waals surface area contributed by atoms with Crippen LogP contribution < -0.4 is 5.32 Å². The summed E-state index contributed by atoms with van der Waals surface area (Å²) in [5.41, 5.74) is 5.18. The van der Waals surface area contributed by atoms with Crippen LogP contribution in [0.4, 0.5) is 15.9 Å². The van der Waals surface area contributed by atoms with E-state index in [4.69, 9.17) is 5.10 Å². The summed E-state index contributed by atoms with van der Waals surface area (Å²) < 4.78 is 16.3. The number of aromatic nitrogens is 2. The van der Waals surface area contributed by atoms with Crippen molar-refractivity contribution in [2.24, 2.45) is 5.92 Å². The van der Waals surface area contributed by atoms with E-state index in [9.17, 15) is 4.39 Å². The number of nitrogens with zero attached hydrogens (tertiary/aromatic N) is 3. The van der Waals surface area contributed by atoms with Gasteiger partial charge in [-0.3, -0.25) is 4.68 Å². The van der Waals surface area contributed by atoms with Gasteiger partial charge in [0, 0.05) is 48.6 Å². The fraction of sp³-hybridized carbons (Fsp3) is 0.348. The minimum absolute atomic E-state index is 0.195. The van der Waals surface area contributed by atoms with Gasteiger partial charge in [-0.2, -0.15) is 5.10 Å². The van der Waals surface area contributed by atoms with Crippen molar-refractivity contribution in [3.63, 3.8) is 0 Å². The Morgan fingerprint density at radius 1 is 1.11 bits per heavy atom. The molecule has 2 aromatic carbocycles. The Balaban J connectivity index is 1.41. The molecular weight excluding hydrogens is 351 g/mol.